The average molecular weight is 450 g/mol. The summed E-state index contributed by atoms with van der Waals surface area (Å²) >= 11 is 0. The number of benzene rings is 2. The molecule has 0 bridgehead atoms. The third kappa shape index (κ3) is 4.63. The summed E-state index contributed by atoms with van der Waals surface area (Å²) in [6.07, 6.45) is 0.604. The van der Waals surface area contributed by atoms with Gasteiger partial charge in [0.2, 0.25) is 5.95 Å². The highest BCUT2D eigenvalue weighted by Crippen LogP contribution is 2.28. The van der Waals surface area contributed by atoms with Crippen molar-refractivity contribution in [3.05, 3.63) is 48.0 Å². The van der Waals surface area contributed by atoms with Crippen LogP contribution in [0.5, 0.6) is 11.5 Å². The van der Waals surface area contributed by atoms with E-state index in [1.165, 1.54) is 0 Å². The Bertz CT molecular complexity index is 942. The second-order valence-corrected chi connectivity index (χ2v) is 6.01. The molecule has 0 aliphatic heterocycles. The number of carbonyl (C=O) groups excluding carboxylic acids is 1. The summed E-state index contributed by atoms with van der Waals surface area (Å²) in [4.78, 5) is 17.5. The van der Waals surface area contributed by atoms with E-state index < -0.39 is 0 Å². The molecule has 7 nitrogen and oxygen atoms in total. The van der Waals surface area contributed by atoms with Crippen LogP contribution in [0.1, 0.15) is 16.8 Å². The summed E-state index contributed by atoms with van der Waals surface area (Å²) in [5.74, 6) is 1.64. The number of aliphatic hydroxyl groups excluding tert-OH is 1. The third-order valence-corrected chi connectivity index (χ3v) is 4.28. The third-order valence-electron chi connectivity index (χ3n) is 4.28. The maximum absolute atomic E-state index is 12.9. The van der Waals surface area contributed by atoms with Crippen LogP contribution in [-0.2, 0) is 6.54 Å². The number of halogens is 1. The number of ether oxygens (including phenoxy) is 2. The molecule has 0 spiro atoms. The lowest BCUT2D eigenvalue weighted by molar-refractivity contribution is 0.0973. The van der Waals surface area contributed by atoms with Gasteiger partial charge in [-0.3, -0.25) is 4.79 Å². The van der Waals surface area contributed by atoms with E-state index in [1.54, 1.807) is 32.4 Å². The van der Waals surface area contributed by atoms with Gasteiger partial charge in [0.15, 0.2) is 17.3 Å². The molecule has 0 aliphatic rings. The monoisotopic (exact) mass is 449 g/mol. The van der Waals surface area contributed by atoms with E-state index in [-0.39, 0.29) is 35.9 Å². The minimum absolute atomic E-state index is 0. The quantitative estimate of drug-likeness (QED) is 0.385. The van der Waals surface area contributed by atoms with Gasteiger partial charge >= 0.3 is 0 Å². The van der Waals surface area contributed by atoms with Crippen LogP contribution in [0.25, 0.3) is 11.0 Å². The molecule has 150 valence electrons. The van der Waals surface area contributed by atoms with E-state index in [4.69, 9.17) is 14.6 Å². The molecule has 3 aromatic rings. The van der Waals surface area contributed by atoms with Gasteiger partial charge in [-0.2, -0.15) is 0 Å². The van der Waals surface area contributed by atoms with Crippen molar-refractivity contribution in [2.75, 3.05) is 32.7 Å². The molecular weight excluding hydrogens is 426 g/mol. The number of anilines is 1. The van der Waals surface area contributed by atoms with Crippen LogP contribution in [0.15, 0.2) is 42.5 Å². The van der Waals surface area contributed by atoms with Crippen molar-refractivity contribution in [1.29, 1.82) is 0 Å². The molecule has 0 atom stereocenters. The van der Waals surface area contributed by atoms with Gasteiger partial charge in [-0.05, 0) is 36.8 Å². The first-order chi connectivity index (χ1) is 13.2. The number of para-hydroxylation sites is 2. The Kier molecular flexibility index (Phi) is 7.83. The lowest BCUT2D eigenvalue weighted by Gasteiger charge is -2.12. The number of Topliss-reactive ketones (excluding diaryl/α,β-unsaturated/α-hetero) is 1. The standard InChI is InChI=1S/C20H23N3O4.BrH/c1-26-18-9-8-14(12-19(18)27-2)17(25)13-23-16-7-4-3-6-15(16)22-20(23)21-10-5-11-24;/h3-4,6-9,12,24H,5,10-11,13H2,1-2H3,(H,21,22);1H. The zero-order valence-corrected chi connectivity index (χ0v) is 17.6. The van der Waals surface area contributed by atoms with Crippen LogP contribution in [0.4, 0.5) is 5.95 Å². The summed E-state index contributed by atoms with van der Waals surface area (Å²) in [5, 5.41) is 12.2. The number of methoxy groups -OCH3 is 2. The number of hydrogen-bond acceptors (Lipinski definition) is 6. The average Bonchev–Trinajstić information content (AvgIpc) is 3.05. The summed E-state index contributed by atoms with van der Waals surface area (Å²) < 4.78 is 12.4. The Morgan fingerprint density at radius 2 is 1.89 bits per heavy atom. The maximum Gasteiger partial charge on any atom is 0.204 e. The fraction of sp³-hybridized carbons (Fsp3) is 0.300. The second kappa shape index (κ2) is 10.1. The lowest BCUT2D eigenvalue weighted by atomic mass is 10.1. The van der Waals surface area contributed by atoms with Crippen molar-refractivity contribution in [3.8, 4) is 11.5 Å². The Hall–Kier alpha value is -2.58. The number of carbonyl (C=O) groups is 1. The molecular formula is C20H24BrN3O4. The highest BCUT2D eigenvalue weighted by atomic mass is 79.9. The van der Waals surface area contributed by atoms with Gasteiger partial charge in [0, 0.05) is 18.7 Å². The summed E-state index contributed by atoms with van der Waals surface area (Å²) in [6, 6.07) is 12.8. The van der Waals surface area contributed by atoms with Gasteiger partial charge < -0.3 is 24.5 Å². The zero-order chi connectivity index (χ0) is 19.2. The van der Waals surface area contributed by atoms with Crippen LogP contribution >= 0.6 is 17.0 Å². The topological polar surface area (TPSA) is 85.6 Å². The Morgan fingerprint density at radius 3 is 2.61 bits per heavy atom. The van der Waals surface area contributed by atoms with E-state index in [9.17, 15) is 4.79 Å². The number of nitrogens with zero attached hydrogens (tertiary/aromatic N) is 2. The molecule has 1 heterocycles. The van der Waals surface area contributed by atoms with Gasteiger partial charge in [0.05, 0.1) is 31.8 Å². The molecule has 2 aromatic carbocycles. The van der Waals surface area contributed by atoms with Crippen molar-refractivity contribution in [2.24, 2.45) is 0 Å². The number of aromatic nitrogens is 2. The number of rotatable bonds is 9. The molecule has 0 saturated heterocycles. The van der Waals surface area contributed by atoms with Crippen molar-refractivity contribution in [1.82, 2.24) is 9.55 Å². The molecule has 1 aromatic heterocycles. The minimum atomic E-state index is -0.0654. The predicted molar refractivity (Wildman–Crippen MR) is 114 cm³/mol. The van der Waals surface area contributed by atoms with Gasteiger partial charge in [-0.1, -0.05) is 12.1 Å². The van der Waals surface area contributed by atoms with Crippen LogP contribution < -0.4 is 14.8 Å². The highest BCUT2D eigenvalue weighted by molar-refractivity contribution is 8.93. The first-order valence-electron chi connectivity index (χ1n) is 8.73. The zero-order valence-electron chi connectivity index (χ0n) is 15.8. The van der Waals surface area contributed by atoms with Crippen LogP contribution in [0, 0.1) is 0 Å². The molecule has 8 heteroatoms. The SMILES string of the molecule is Br.COc1ccc(C(=O)Cn2c(NCCCO)nc3ccccc32)cc1OC. The van der Waals surface area contributed by atoms with E-state index in [0.717, 1.165) is 11.0 Å². The molecule has 2 N–H and O–H groups in total. The normalized spacial score (nSPS) is 10.4. The summed E-state index contributed by atoms with van der Waals surface area (Å²) in [7, 11) is 3.10. The van der Waals surface area contributed by atoms with Gasteiger partial charge in [0.1, 0.15) is 0 Å². The van der Waals surface area contributed by atoms with Gasteiger partial charge in [-0.15, -0.1) is 17.0 Å². The summed E-state index contributed by atoms with van der Waals surface area (Å²) in [5.41, 5.74) is 2.22. The van der Waals surface area contributed by atoms with Crippen molar-refractivity contribution in [2.45, 2.75) is 13.0 Å². The van der Waals surface area contributed by atoms with Crippen LogP contribution in [-0.4, -0.2) is 47.8 Å². The molecule has 0 unspecified atom stereocenters. The molecule has 0 fully saturated rings. The smallest absolute Gasteiger partial charge is 0.204 e. The number of nitrogens with one attached hydrogen (secondary N) is 1. The molecule has 28 heavy (non-hydrogen) atoms. The van der Waals surface area contributed by atoms with Crippen molar-refractivity contribution < 1.29 is 19.4 Å². The van der Waals surface area contributed by atoms with Crippen LogP contribution in [0.3, 0.4) is 0 Å². The molecule has 0 saturated carbocycles. The van der Waals surface area contributed by atoms with Gasteiger partial charge in [0.25, 0.3) is 0 Å². The largest absolute Gasteiger partial charge is 0.493 e. The fourth-order valence-corrected chi connectivity index (χ4v) is 2.89. The highest BCUT2D eigenvalue weighted by Gasteiger charge is 2.16. The van der Waals surface area contributed by atoms with Crippen LogP contribution in [0.2, 0.25) is 0 Å². The first kappa shape index (κ1) is 21.7. The molecule has 0 aliphatic carbocycles. The molecule has 3 rings (SSSR count). The number of fused-ring (bicyclic) bond motifs is 1. The van der Waals surface area contributed by atoms with E-state index in [2.05, 4.69) is 10.3 Å². The Morgan fingerprint density at radius 1 is 1.14 bits per heavy atom. The van der Waals surface area contributed by atoms with E-state index >= 15 is 0 Å². The summed E-state index contributed by atoms with van der Waals surface area (Å²) in [6.45, 7) is 0.805. The maximum atomic E-state index is 12.9. The van der Waals surface area contributed by atoms with E-state index in [1.807, 2.05) is 28.8 Å². The first-order valence-corrected chi connectivity index (χ1v) is 8.73. The number of aliphatic hydroxyl groups is 1. The van der Waals surface area contributed by atoms with Gasteiger partial charge in [-0.25, -0.2) is 4.98 Å². The second-order valence-electron chi connectivity index (χ2n) is 6.01. The predicted octanol–water partition coefficient (Wildman–Crippen LogP) is 3.31. The van der Waals surface area contributed by atoms with E-state index in [0.29, 0.717) is 36.0 Å². The molecule has 0 amide bonds. The Labute approximate surface area is 174 Å². The van der Waals surface area contributed by atoms with Crippen molar-refractivity contribution in [3.63, 3.8) is 0 Å². The number of imidazole rings is 1. The fourth-order valence-electron chi connectivity index (χ4n) is 2.89. The number of hydrogen-bond donors (Lipinski definition) is 2. The number of ketones is 1. The lowest BCUT2D eigenvalue weighted by Crippen LogP contribution is -2.15. The van der Waals surface area contributed by atoms with Crippen molar-refractivity contribution >= 4 is 39.7 Å². The minimum Gasteiger partial charge on any atom is -0.493 e. The molecule has 0 radical (unpaired) electrons. The Balaban J connectivity index is 0.00000280.